The van der Waals surface area contributed by atoms with Gasteiger partial charge in [0, 0.05) is 17.3 Å². The molecule has 0 fully saturated rings. The van der Waals surface area contributed by atoms with Crippen molar-refractivity contribution < 1.29 is 4.74 Å². The van der Waals surface area contributed by atoms with E-state index in [9.17, 15) is 0 Å². The lowest BCUT2D eigenvalue weighted by molar-refractivity contribution is 0.0231. The van der Waals surface area contributed by atoms with Gasteiger partial charge in [0.1, 0.15) is 6.10 Å². The van der Waals surface area contributed by atoms with Crippen LogP contribution < -0.4 is 5.73 Å². The van der Waals surface area contributed by atoms with Crippen LogP contribution >= 0.6 is 11.6 Å². The fourth-order valence-corrected chi connectivity index (χ4v) is 2.04. The Labute approximate surface area is 118 Å². The standard InChI is InChI=1S/C15H17ClN2O/c1-11(17)15(14-8-4-5-9-18-14)19-10-12-6-2-3-7-13(12)16/h2-9,11,15H,10,17H2,1H3. The van der Waals surface area contributed by atoms with E-state index < -0.39 is 0 Å². The lowest BCUT2D eigenvalue weighted by Crippen LogP contribution is -2.27. The summed E-state index contributed by atoms with van der Waals surface area (Å²) >= 11 is 6.11. The summed E-state index contributed by atoms with van der Waals surface area (Å²) in [5, 5.41) is 0.701. The van der Waals surface area contributed by atoms with E-state index in [1.165, 1.54) is 0 Å². The van der Waals surface area contributed by atoms with Gasteiger partial charge in [0.25, 0.3) is 0 Å². The van der Waals surface area contributed by atoms with E-state index in [0.717, 1.165) is 11.3 Å². The monoisotopic (exact) mass is 276 g/mol. The van der Waals surface area contributed by atoms with Crippen LogP contribution in [0.1, 0.15) is 24.3 Å². The van der Waals surface area contributed by atoms with E-state index in [4.69, 9.17) is 22.1 Å². The van der Waals surface area contributed by atoms with Crippen LogP contribution in [0, 0.1) is 0 Å². The highest BCUT2D eigenvalue weighted by Crippen LogP contribution is 2.22. The first kappa shape index (κ1) is 14.0. The van der Waals surface area contributed by atoms with Gasteiger partial charge in [-0.1, -0.05) is 35.9 Å². The number of aromatic nitrogens is 1. The molecule has 0 bridgehead atoms. The minimum Gasteiger partial charge on any atom is -0.366 e. The van der Waals surface area contributed by atoms with Gasteiger partial charge in [0.05, 0.1) is 12.3 Å². The summed E-state index contributed by atoms with van der Waals surface area (Å²) in [6.45, 7) is 2.33. The molecule has 4 heteroatoms. The maximum atomic E-state index is 6.11. The van der Waals surface area contributed by atoms with Gasteiger partial charge < -0.3 is 10.5 Å². The highest BCUT2D eigenvalue weighted by molar-refractivity contribution is 6.31. The smallest absolute Gasteiger partial charge is 0.115 e. The van der Waals surface area contributed by atoms with Crippen molar-refractivity contribution in [1.29, 1.82) is 0 Å². The Hall–Kier alpha value is -1.42. The third-order valence-corrected chi connectivity index (χ3v) is 3.20. The molecule has 2 N–H and O–H groups in total. The SMILES string of the molecule is CC(N)C(OCc1ccccc1Cl)c1ccccn1. The van der Waals surface area contributed by atoms with Gasteiger partial charge in [0.2, 0.25) is 0 Å². The number of hydrogen-bond donors (Lipinski definition) is 1. The summed E-state index contributed by atoms with van der Waals surface area (Å²) in [5.41, 5.74) is 7.76. The van der Waals surface area contributed by atoms with Gasteiger partial charge in [-0.3, -0.25) is 4.98 Å². The largest absolute Gasteiger partial charge is 0.366 e. The fraction of sp³-hybridized carbons (Fsp3) is 0.267. The quantitative estimate of drug-likeness (QED) is 0.911. The van der Waals surface area contributed by atoms with Crippen LogP contribution in [0.4, 0.5) is 0 Å². The van der Waals surface area contributed by atoms with Crippen LogP contribution in [0.25, 0.3) is 0 Å². The highest BCUT2D eigenvalue weighted by atomic mass is 35.5. The normalized spacial score (nSPS) is 14.1. The second kappa shape index (κ2) is 6.66. The molecule has 0 radical (unpaired) electrons. The average molecular weight is 277 g/mol. The number of rotatable bonds is 5. The van der Waals surface area contributed by atoms with Crippen LogP contribution in [0.2, 0.25) is 5.02 Å². The predicted molar refractivity (Wildman–Crippen MR) is 76.9 cm³/mol. The number of hydrogen-bond acceptors (Lipinski definition) is 3. The van der Waals surface area contributed by atoms with E-state index >= 15 is 0 Å². The zero-order valence-electron chi connectivity index (χ0n) is 10.8. The molecule has 3 nitrogen and oxygen atoms in total. The molecule has 0 saturated carbocycles. The number of ether oxygens (including phenoxy) is 1. The lowest BCUT2D eigenvalue weighted by Gasteiger charge is -2.21. The number of halogens is 1. The van der Waals surface area contributed by atoms with Crippen molar-refractivity contribution in [1.82, 2.24) is 4.98 Å². The topological polar surface area (TPSA) is 48.1 Å². The maximum Gasteiger partial charge on any atom is 0.115 e. The van der Waals surface area contributed by atoms with Crippen LogP contribution in [-0.4, -0.2) is 11.0 Å². The molecule has 0 amide bonds. The van der Waals surface area contributed by atoms with Crippen molar-refractivity contribution in [3.8, 4) is 0 Å². The van der Waals surface area contributed by atoms with Crippen molar-refractivity contribution >= 4 is 11.6 Å². The van der Waals surface area contributed by atoms with Gasteiger partial charge >= 0.3 is 0 Å². The van der Waals surface area contributed by atoms with Crippen LogP contribution in [0.15, 0.2) is 48.7 Å². The molecular weight excluding hydrogens is 260 g/mol. The summed E-state index contributed by atoms with van der Waals surface area (Å²) < 4.78 is 5.88. The molecule has 19 heavy (non-hydrogen) atoms. The van der Waals surface area contributed by atoms with Gasteiger partial charge in [-0.25, -0.2) is 0 Å². The Bertz CT molecular complexity index is 517. The van der Waals surface area contributed by atoms with Gasteiger partial charge in [0.15, 0.2) is 0 Å². The summed E-state index contributed by atoms with van der Waals surface area (Å²) in [6, 6.07) is 13.2. The van der Waals surface area contributed by atoms with E-state index in [2.05, 4.69) is 4.98 Å². The van der Waals surface area contributed by atoms with Gasteiger partial charge in [-0.05, 0) is 30.7 Å². The summed E-state index contributed by atoms with van der Waals surface area (Å²) in [6.07, 6.45) is 1.50. The number of pyridine rings is 1. The molecule has 2 unspecified atom stereocenters. The van der Waals surface area contributed by atoms with Crippen molar-refractivity contribution in [3.63, 3.8) is 0 Å². The fourth-order valence-electron chi connectivity index (χ4n) is 1.85. The summed E-state index contributed by atoms with van der Waals surface area (Å²) in [4.78, 5) is 4.30. The number of nitrogens with two attached hydrogens (primary N) is 1. The molecule has 0 spiro atoms. The molecule has 1 heterocycles. The Morgan fingerprint density at radius 1 is 1.21 bits per heavy atom. The average Bonchev–Trinajstić information content (AvgIpc) is 2.42. The molecule has 2 rings (SSSR count). The zero-order chi connectivity index (χ0) is 13.7. The molecule has 2 aromatic rings. The van der Waals surface area contributed by atoms with Crippen molar-refractivity contribution in [2.24, 2.45) is 5.73 Å². The van der Waals surface area contributed by atoms with Crippen molar-refractivity contribution in [3.05, 3.63) is 64.9 Å². The molecule has 0 aliphatic rings. The molecule has 0 saturated heterocycles. The molecule has 1 aromatic heterocycles. The Morgan fingerprint density at radius 3 is 2.58 bits per heavy atom. The van der Waals surface area contributed by atoms with Crippen LogP contribution in [0.5, 0.6) is 0 Å². The Balaban J connectivity index is 2.09. The van der Waals surface area contributed by atoms with E-state index in [-0.39, 0.29) is 12.1 Å². The summed E-state index contributed by atoms with van der Waals surface area (Å²) in [5.74, 6) is 0. The Morgan fingerprint density at radius 2 is 1.95 bits per heavy atom. The minimum atomic E-state index is -0.238. The number of benzene rings is 1. The molecule has 0 aliphatic heterocycles. The first-order valence-electron chi connectivity index (χ1n) is 6.20. The predicted octanol–water partition coefficient (Wildman–Crippen LogP) is 3.34. The molecule has 0 aliphatic carbocycles. The van der Waals surface area contributed by atoms with E-state index in [1.54, 1.807) is 6.20 Å². The minimum absolute atomic E-state index is 0.141. The molecule has 1 aromatic carbocycles. The molecular formula is C15H17ClN2O. The van der Waals surface area contributed by atoms with Crippen molar-refractivity contribution in [2.75, 3.05) is 0 Å². The summed E-state index contributed by atoms with van der Waals surface area (Å²) in [7, 11) is 0. The third-order valence-electron chi connectivity index (χ3n) is 2.83. The number of nitrogens with zero attached hydrogens (tertiary/aromatic N) is 1. The van der Waals surface area contributed by atoms with Crippen molar-refractivity contribution in [2.45, 2.75) is 25.7 Å². The third kappa shape index (κ3) is 3.77. The van der Waals surface area contributed by atoms with E-state index in [0.29, 0.717) is 11.6 Å². The Kier molecular flexibility index (Phi) is 4.91. The van der Waals surface area contributed by atoms with Gasteiger partial charge in [-0.15, -0.1) is 0 Å². The zero-order valence-corrected chi connectivity index (χ0v) is 11.5. The molecule has 2 atom stereocenters. The lowest BCUT2D eigenvalue weighted by atomic mass is 10.1. The van der Waals surface area contributed by atoms with Crippen LogP contribution in [-0.2, 0) is 11.3 Å². The highest BCUT2D eigenvalue weighted by Gasteiger charge is 2.18. The first-order valence-corrected chi connectivity index (χ1v) is 6.58. The second-order valence-corrected chi connectivity index (χ2v) is 4.84. The van der Waals surface area contributed by atoms with Gasteiger partial charge in [-0.2, -0.15) is 0 Å². The first-order chi connectivity index (χ1) is 9.18. The maximum absolute atomic E-state index is 6.11. The second-order valence-electron chi connectivity index (χ2n) is 4.44. The van der Waals surface area contributed by atoms with Crippen LogP contribution in [0.3, 0.4) is 0 Å². The molecule has 100 valence electrons. The van der Waals surface area contributed by atoms with E-state index in [1.807, 2.05) is 49.4 Å².